The molecule has 0 unspecified atom stereocenters. The topological polar surface area (TPSA) is 68.3 Å². The quantitative estimate of drug-likeness (QED) is 0.494. The third-order valence-electron chi connectivity index (χ3n) is 4.05. The van der Waals surface area contributed by atoms with Gasteiger partial charge < -0.3 is 10.1 Å². The van der Waals surface area contributed by atoms with Gasteiger partial charge in [0.1, 0.15) is 0 Å². The van der Waals surface area contributed by atoms with Crippen molar-refractivity contribution >= 4 is 35.8 Å². The van der Waals surface area contributed by atoms with Crippen LogP contribution in [0.15, 0.2) is 79.0 Å². The molecule has 1 amide bonds. The van der Waals surface area contributed by atoms with Crippen LogP contribution in [0.25, 0.3) is 18.2 Å². The Balaban J connectivity index is 1.61. The van der Waals surface area contributed by atoms with E-state index >= 15 is 0 Å². The molecule has 0 aliphatic carbocycles. The van der Waals surface area contributed by atoms with Crippen molar-refractivity contribution in [2.45, 2.75) is 0 Å². The third-order valence-corrected chi connectivity index (χ3v) is 4.05. The Kier molecular flexibility index (Phi) is 6.68. The molecule has 3 aromatic rings. The summed E-state index contributed by atoms with van der Waals surface area (Å²) in [5, 5.41) is 2.84. The Labute approximate surface area is 169 Å². The van der Waals surface area contributed by atoms with Gasteiger partial charge in [-0.1, -0.05) is 36.4 Å². The highest BCUT2D eigenvalue weighted by molar-refractivity contribution is 6.02. The molecule has 3 rings (SSSR count). The molecule has 0 aliphatic heterocycles. The monoisotopic (exact) mass is 384 g/mol. The number of hydrogen-bond acceptors (Lipinski definition) is 4. The number of aromatic nitrogens is 1. The predicted octanol–water partition coefficient (Wildman–Crippen LogP) is 4.69. The molecule has 5 nitrogen and oxygen atoms in total. The normalized spacial score (nSPS) is 10.9. The minimum Gasteiger partial charge on any atom is -0.465 e. The summed E-state index contributed by atoms with van der Waals surface area (Å²) in [5.74, 6) is -0.636. The first-order chi connectivity index (χ1) is 14.1. The molecule has 0 bridgehead atoms. The Bertz CT molecular complexity index is 1040. The first-order valence-corrected chi connectivity index (χ1v) is 9.01. The fourth-order valence-corrected chi connectivity index (χ4v) is 2.58. The van der Waals surface area contributed by atoms with E-state index < -0.39 is 5.97 Å². The summed E-state index contributed by atoms with van der Waals surface area (Å²) < 4.78 is 4.66. The number of carbonyl (C=O) groups is 2. The van der Waals surface area contributed by atoms with E-state index in [0.29, 0.717) is 11.3 Å². The first kappa shape index (κ1) is 19.8. The zero-order valence-electron chi connectivity index (χ0n) is 15.9. The number of nitrogens with zero attached hydrogens (tertiary/aromatic N) is 1. The molecule has 0 atom stereocenters. The molecular weight excluding hydrogens is 364 g/mol. The molecule has 144 valence electrons. The summed E-state index contributed by atoms with van der Waals surface area (Å²) in [6, 6.07) is 20.1. The smallest absolute Gasteiger partial charge is 0.337 e. The van der Waals surface area contributed by atoms with Crippen molar-refractivity contribution in [2.24, 2.45) is 0 Å². The van der Waals surface area contributed by atoms with Gasteiger partial charge in [-0.3, -0.25) is 9.78 Å². The van der Waals surface area contributed by atoms with Gasteiger partial charge in [0.15, 0.2) is 0 Å². The summed E-state index contributed by atoms with van der Waals surface area (Å²) in [6.07, 6.45) is 8.73. The molecule has 1 heterocycles. The summed E-state index contributed by atoms with van der Waals surface area (Å²) >= 11 is 0. The Hall–Kier alpha value is -3.99. The van der Waals surface area contributed by atoms with E-state index in [1.807, 2.05) is 54.6 Å². The van der Waals surface area contributed by atoms with Crippen molar-refractivity contribution in [1.29, 1.82) is 0 Å². The van der Waals surface area contributed by atoms with Gasteiger partial charge >= 0.3 is 5.97 Å². The SMILES string of the molecule is COC(=O)c1ccc(/C=C/C(=O)Nc2cccc(/C=C/c3ccccn3)c2)cc1. The van der Waals surface area contributed by atoms with Crippen LogP contribution >= 0.6 is 0 Å². The molecule has 0 saturated carbocycles. The number of benzene rings is 2. The fourth-order valence-electron chi connectivity index (χ4n) is 2.58. The first-order valence-electron chi connectivity index (χ1n) is 9.01. The van der Waals surface area contributed by atoms with Crippen molar-refractivity contribution < 1.29 is 14.3 Å². The lowest BCUT2D eigenvalue weighted by atomic mass is 10.1. The standard InChI is InChI=1S/C24H20N2O3/c1-29-24(28)20-12-8-18(9-13-20)11-15-23(27)26-22-7-4-5-19(17-22)10-14-21-6-2-3-16-25-21/h2-17H,1H3,(H,26,27)/b14-10+,15-11+. The van der Waals surface area contributed by atoms with Gasteiger partial charge in [-0.05, 0) is 59.7 Å². The summed E-state index contributed by atoms with van der Waals surface area (Å²) in [6.45, 7) is 0. The molecule has 1 N–H and O–H groups in total. The number of hydrogen-bond donors (Lipinski definition) is 1. The minimum absolute atomic E-state index is 0.243. The number of amides is 1. The van der Waals surface area contributed by atoms with E-state index in [-0.39, 0.29) is 5.91 Å². The van der Waals surface area contributed by atoms with Crippen LogP contribution < -0.4 is 5.32 Å². The third kappa shape index (κ3) is 6.01. The highest BCUT2D eigenvalue weighted by Gasteiger charge is 2.03. The Morgan fingerprint density at radius 3 is 2.45 bits per heavy atom. The lowest BCUT2D eigenvalue weighted by Gasteiger charge is -2.03. The maximum Gasteiger partial charge on any atom is 0.337 e. The van der Waals surface area contributed by atoms with E-state index in [2.05, 4.69) is 15.0 Å². The van der Waals surface area contributed by atoms with Crippen LogP contribution in [0.5, 0.6) is 0 Å². The second kappa shape index (κ2) is 9.80. The highest BCUT2D eigenvalue weighted by atomic mass is 16.5. The minimum atomic E-state index is -0.393. The number of rotatable bonds is 6. The average Bonchev–Trinajstić information content (AvgIpc) is 2.77. The average molecular weight is 384 g/mol. The summed E-state index contributed by atoms with van der Waals surface area (Å²) in [5.41, 5.74) is 3.78. The highest BCUT2D eigenvalue weighted by Crippen LogP contribution is 2.14. The zero-order valence-corrected chi connectivity index (χ0v) is 15.9. The molecule has 0 saturated heterocycles. The number of anilines is 1. The van der Waals surface area contributed by atoms with Crippen molar-refractivity contribution in [3.63, 3.8) is 0 Å². The summed E-state index contributed by atoms with van der Waals surface area (Å²) in [4.78, 5) is 27.9. The van der Waals surface area contributed by atoms with Gasteiger partial charge in [0.2, 0.25) is 5.91 Å². The maximum atomic E-state index is 12.2. The lowest BCUT2D eigenvalue weighted by Crippen LogP contribution is -2.07. The number of methoxy groups -OCH3 is 1. The van der Waals surface area contributed by atoms with Crippen molar-refractivity contribution in [2.75, 3.05) is 12.4 Å². The number of nitrogens with one attached hydrogen (secondary N) is 1. The van der Waals surface area contributed by atoms with Crippen LogP contribution in [0.3, 0.4) is 0 Å². The van der Waals surface area contributed by atoms with Crippen molar-refractivity contribution in [3.05, 3.63) is 101 Å². The van der Waals surface area contributed by atoms with Crippen LogP contribution in [-0.2, 0) is 9.53 Å². The second-order valence-corrected chi connectivity index (χ2v) is 6.15. The number of esters is 1. The molecule has 0 fully saturated rings. The van der Waals surface area contributed by atoms with Crippen molar-refractivity contribution in [1.82, 2.24) is 4.98 Å². The van der Waals surface area contributed by atoms with E-state index in [1.54, 1.807) is 36.5 Å². The molecule has 0 aliphatic rings. The Morgan fingerprint density at radius 1 is 0.897 bits per heavy atom. The van der Waals surface area contributed by atoms with Crippen molar-refractivity contribution in [3.8, 4) is 0 Å². The number of ether oxygens (including phenoxy) is 1. The van der Waals surface area contributed by atoms with E-state index in [9.17, 15) is 9.59 Å². The van der Waals surface area contributed by atoms with Crippen LogP contribution in [0, 0.1) is 0 Å². The summed E-state index contributed by atoms with van der Waals surface area (Å²) in [7, 11) is 1.34. The van der Waals surface area contributed by atoms with Gasteiger partial charge in [0.05, 0.1) is 18.4 Å². The maximum absolute atomic E-state index is 12.2. The largest absolute Gasteiger partial charge is 0.465 e. The van der Waals surface area contributed by atoms with Gasteiger partial charge in [-0.15, -0.1) is 0 Å². The zero-order chi connectivity index (χ0) is 20.5. The van der Waals surface area contributed by atoms with Gasteiger partial charge in [0.25, 0.3) is 0 Å². The molecular formula is C24H20N2O3. The molecule has 0 radical (unpaired) electrons. The van der Waals surface area contributed by atoms with E-state index in [4.69, 9.17) is 0 Å². The van der Waals surface area contributed by atoms with Gasteiger partial charge in [-0.25, -0.2) is 4.79 Å². The van der Waals surface area contributed by atoms with Crippen LogP contribution in [0.4, 0.5) is 5.69 Å². The molecule has 0 spiro atoms. The second-order valence-electron chi connectivity index (χ2n) is 6.15. The molecule has 5 heteroatoms. The molecule has 29 heavy (non-hydrogen) atoms. The number of pyridine rings is 1. The van der Waals surface area contributed by atoms with E-state index in [1.165, 1.54) is 13.2 Å². The van der Waals surface area contributed by atoms with Crippen LogP contribution in [0.2, 0.25) is 0 Å². The van der Waals surface area contributed by atoms with Gasteiger partial charge in [0, 0.05) is 18.0 Å². The van der Waals surface area contributed by atoms with Gasteiger partial charge in [-0.2, -0.15) is 0 Å². The molecule has 1 aromatic heterocycles. The number of carbonyl (C=O) groups excluding carboxylic acids is 2. The molecule has 2 aromatic carbocycles. The fraction of sp³-hybridized carbons (Fsp3) is 0.0417. The van der Waals surface area contributed by atoms with E-state index in [0.717, 1.165) is 16.8 Å². The predicted molar refractivity (Wildman–Crippen MR) is 115 cm³/mol. The Morgan fingerprint density at radius 2 is 1.72 bits per heavy atom. The van der Waals surface area contributed by atoms with Crippen LogP contribution in [-0.4, -0.2) is 24.0 Å². The van der Waals surface area contributed by atoms with Crippen LogP contribution in [0.1, 0.15) is 27.2 Å². The lowest BCUT2D eigenvalue weighted by molar-refractivity contribution is -0.111.